The monoisotopic (exact) mass is 214 g/mol. The summed E-state index contributed by atoms with van der Waals surface area (Å²) in [4.78, 5) is 24.7. The van der Waals surface area contributed by atoms with Gasteiger partial charge in [-0.25, -0.2) is 0 Å². The number of nitrogens with one attached hydrogen (secondary N) is 1. The maximum Gasteiger partial charge on any atom is 0.225 e. The standard InChI is InChI=1S/C10H18N2O3/c1-7(6-15-3)12-5-8(4-9(12)13)10(14)11-2/h7-8H,4-6H2,1-3H3,(H,11,14)/t7-,8-/m1/s1. The first-order valence-corrected chi connectivity index (χ1v) is 5.10. The van der Waals surface area contributed by atoms with Crippen molar-refractivity contribution in [1.82, 2.24) is 10.2 Å². The van der Waals surface area contributed by atoms with Gasteiger partial charge >= 0.3 is 0 Å². The smallest absolute Gasteiger partial charge is 0.225 e. The van der Waals surface area contributed by atoms with Gasteiger partial charge in [-0.3, -0.25) is 9.59 Å². The Hall–Kier alpha value is -1.10. The minimum Gasteiger partial charge on any atom is -0.383 e. The number of ether oxygens (including phenoxy) is 1. The van der Waals surface area contributed by atoms with Gasteiger partial charge in [-0.15, -0.1) is 0 Å². The van der Waals surface area contributed by atoms with E-state index in [1.54, 1.807) is 19.1 Å². The molecule has 1 aliphatic rings. The summed E-state index contributed by atoms with van der Waals surface area (Å²) in [5.41, 5.74) is 0. The Morgan fingerprint density at radius 2 is 2.40 bits per heavy atom. The quantitative estimate of drug-likeness (QED) is 0.693. The van der Waals surface area contributed by atoms with E-state index in [-0.39, 0.29) is 23.8 Å². The van der Waals surface area contributed by atoms with Gasteiger partial charge in [0.25, 0.3) is 0 Å². The zero-order valence-corrected chi connectivity index (χ0v) is 9.45. The molecule has 5 nitrogen and oxygen atoms in total. The zero-order valence-electron chi connectivity index (χ0n) is 9.45. The van der Waals surface area contributed by atoms with Crippen molar-refractivity contribution in [3.05, 3.63) is 0 Å². The minimum absolute atomic E-state index is 0.0353. The van der Waals surface area contributed by atoms with Crippen LogP contribution < -0.4 is 5.32 Å². The number of carbonyl (C=O) groups is 2. The molecule has 0 unspecified atom stereocenters. The van der Waals surface area contributed by atoms with Crippen molar-refractivity contribution < 1.29 is 14.3 Å². The van der Waals surface area contributed by atoms with Crippen molar-refractivity contribution in [2.24, 2.45) is 5.92 Å². The summed E-state index contributed by atoms with van der Waals surface area (Å²) in [5, 5.41) is 2.57. The van der Waals surface area contributed by atoms with Gasteiger partial charge in [0.2, 0.25) is 11.8 Å². The Morgan fingerprint density at radius 1 is 1.73 bits per heavy atom. The van der Waals surface area contributed by atoms with Gasteiger partial charge < -0.3 is 15.0 Å². The molecule has 2 amide bonds. The average Bonchev–Trinajstić information content (AvgIpc) is 2.59. The molecule has 0 radical (unpaired) electrons. The van der Waals surface area contributed by atoms with Gasteiger partial charge in [0.05, 0.1) is 18.6 Å². The summed E-state index contributed by atoms with van der Waals surface area (Å²) in [5.74, 6) is -0.231. The van der Waals surface area contributed by atoms with Crippen LogP contribution in [0.25, 0.3) is 0 Å². The predicted octanol–water partition coefficient (Wildman–Crippen LogP) is -0.384. The largest absolute Gasteiger partial charge is 0.383 e. The number of likely N-dealkylation sites (tertiary alicyclic amines) is 1. The number of rotatable bonds is 4. The van der Waals surface area contributed by atoms with E-state index in [1.807, 2.05) is 6.92 Å². The van der Waals surface area contributed by atoms with Crippen LogP contribution in [0.3, 0.4) is 0 Å². The number of amides is 2. The molecule has 1 aliphatic heterocycles. The summed E-state index contributed by atoms with van der Waals surface area (Å²) >= 11 is 0. The number of methoxy groups -OCH3 is 1. The summed E-state index contributed by atoms with van der Waals surface area (Å²) in [6.45, 7) is 2.93. The second kappa shape index (κ2) is 5.11. The first-order valence-electron chi connectivity index (χ1n) is 5.10. The third kappa shape index (κ3) is 2.68. The van der Waals surface area contributed by atoms with Crippen LogP contribution in [-0.2, 0) is 14.3 Å². The molecule has 0 saturated carbocycles. The Bertz CT molecular complexity index is 255. The van der Waals surface area contributed by atoms with Crippen LogP contribution in [0.1, 0.15) is 13.3 Å². The first-order chi connectivity index (χ1) is 7.10. The molecule has 1 saturated heterocycles. The molecule has 0 aliphatic carbocycles. The lowest BCUT2D eigenvalue weighted by atomic mass is 10.1. The Labute approximate surface area is 89.8 Å². The Morgan fingerprint density at radius 3 is 2.93 bits per heavy atom. The van der Waals surface area contributed by atoms with Crippen LogP contribution in [0.5, 0.6) is 0 Å². The van der Waals surface area contributed by atoms with E-state index in [2.05, 4.69) is 5.32 Å². The lowest BCUT2D eigenvalue weighted by molar-refractivity contribution is -0.130. The predicted molar refractivity (Wildman–Crippen MR) is 55.2 cm³/mol. The minimum atomic E-state index is -0.207. The van der Waals surface area contributed by atoms with E-state index in [4.69, 9.17) is 4.74 Å². The van der Waals surface area contributed by atoms with Gasteiger partial charge in [0.1, 0.15) is 0 Å². The van der Waals surface area contributed by atoms with Gasteiger partial charge in [0, 0.05) is 27.1 Å². The van der Waals surface area contributed by atoms with Gasteiger partial charge in [-0.05, 0) is 6.92 Å². The highest BCUT2D eigenvalue weighted by Crippen LogP contribution is 2.20. The van der Waals surface area contributed by atoms with Crippen molar-refractivity contribution in [3.63, 3.8) is 0 Å². The lowest BCUT2D eigenvalue weighted by Crippen LogP contribution is -2.38. The van der Waals surface area contributed by atoms with E-state index in [0.717, 1.165) is 0 Å². The maximum atomic E-state index is 11.6. The molecule has 0 bridgehead atoms. The highest BCUT2D eigenvalue weighted by atomic mass is 16.5. The normalized spacial score (nSPS) is 23.0. The topological polar surface area (TPSA) is 58.6 Å². The van der Waals surface area contributed by atoms with Crippen molar-refractivity contribution in [3.8, 4) is 0 Å². The maximum absolute atomic E-state index is 11.6. The molecule has 1 heterocycles. The highest BCUT2D eigenvalue weighted by molar-refractivity contribution is 5.89. The van der Waals surface area contributed by atoms with Crippen LogP contribution in [0.15, 0.2) is 0 Å². The Kier molecular flexibility index (Phi) is 4.08. The van der Waals surface area contributed by atoms with E-state index < -0.39 is 0 Å². The number of hydrogen-bond donors (Lipinski definition) is 1. The summed E-state index contributed by atoms with van der Waals surface area (Å²) in [7, 11) is 3.20. The molecule has 86 valence electrons. The van der Waals surface area contributed by atoms with E-state index in [0.29, 0.717) is 19.6 Å². The fourth-order valence-corrected chi connectivity index (χ4v) is 1.87. The molecular weight excluding hydrogens is 196 g/mol. The average molecular weight is 214 g/mol. The Balaban J connectivity index is 2.56. The molecule has 0 spiro atoms. The number of nitrogens with zero attached hydrogens (tertiary/aromatic N) is 1. The molecule has 1 fully saturated rings. The first kappa shape index (κ1) is 12.0. The molecule has 5 heteroatoms. The molecule has 0 aromatic heterocycles. The summed E-state index contributed by atoms with van der Waals surface area (Å²) in [6.07, 6.45) is 0.313. The molecule has 1 rings (SSSR count). The number of carbonyl (C=O) groups excluding carboxylic acids is 2. The SMILES string of the molecule is CNC(=O)[C@@H]1CC(=O)N([C@H](C)COC)C1. The van der Waals surface area contributed by atoms with Crippen molar-refractivity contribution in [2.45, 2.75) is 19.4 Å². The van der Waals surface area contributed by atoms with E-state index in [1.165, 1.54) is 0 Å². The van der Waals surface area contributed by atoms with Crippen molar-refractivity contribution in [1.29, 1.82) is 0 Å². The van der Waals surface area contributed by atoms with E-state index in [9.17, 15) is 9.59 Å². The summed E-state index contributed by atoms with van der Waals surface area (Å²) in [6, 6.07) is 0.0390. The van der Waals surface area contributed by atoms with Crippen LogP contribution in [0, 0.1) is 5.92 Å². The second-order valence-corrected chi connectivity index (χ2v) is 3.87. The zero-order chi connectivity index (χ0) is 11.4. The lowest BCUT2D eigenvalue weighted by Gasteiger charge is -2.23. The molecule has 0 aromatic carbocycles. The molecule has 2 atom stereocenters. The fourth-order valence-electron chi connectivity index (χ4n) is 1.87. The second-order valence-electron chi connectivity index (χ2n) is 3.87. The number of hydrogen-bond acceptors (Lipinski definition) is 3. The van der Waals surface area contributed by atoms with Crippen molar-refractivity contribution in [2.75, 3.05) is 27.3 Å². The van der Waals surface area contributed by atoms with Crippen molar-refractivity contribution >= 4 is 11.8 Å². The molecule has 0 aromatic rings. The van der Waals surface area contributed by atoms with Crippen LogP contribution >= 0.6 is 0 Å². The molecular formula is C10H18N2O3. The van der Waals surface area contributed by atoms with Crippen LogP contribution in [0.2, 0.25) is 0 Å². The van der Waals surface area contributed by atoms with Crippen LogP contribution in [-0.4, -0.2) is 50.1 Å². The van der Waals surface area contributed by atoms with Gasteiger partial charge in [-0.2, -0.15) is 0 Å². The van der Waals surface area contributed by atoms with Gasteiger partial charge in [-0.1, -0.05) is 0 Å². The molecule has 1 N–H and O–H groups in total. The van der Waals surface area contributed by atoms with Crippen LogP contribution in [0.4, 0.5) is 0 Å². The molecule has 15 heavy (non-hydrogen) atoms. The fraction of sp³-hybridized carbons (Fsp3) is 0.800. The third-order valence-electron chi connectivity index (χ3n) is 2.72. The van der Waals surface area contributed by atoms with E-state index >= 15 is 0 Å². The summed E-state index contributed by atoms with van der Waals surface area (Å²) < 4.78 is 4.99. The highest BCUT2D eigenvalue weighted by Gasteiger charge is 2.35. The van der Waals surface area contributed by atoms with Gasteiger partial charge in [0.15, 0.2) is 0 Å². The third-order valence-corrected chi connectivity index (χ3v) is 2.72.